The second-order valence-corrected chi connectivity index (χ2v) is 9.73. The Morgan fingerprint density at radius 2 is 1.90 bits per heavy atom. The van der Waals surface area contributed by atoms with Crippen molar-refractivity contribution in [2.45, 2.75) is 19.4 Å². The molecule has 2 unspecified atom stereocenters. The van der Waals surface area contributed by atoms with Gasteiger partial charge in [-0.3, -0.25) is 9.47 Å². The number of hydrogen-bond acceptors (Lipinski definition) is 8. The molecule has 4 rings (SSSR count). The Morgan fingerprint density at radius 1 is 1.23 bits per heavy atom. The number of benzene rings is 1. The third-order valence-electron chi connectivity index (χ3n) is 6.25. The zero-order chi connectivity index (χ0) is 21.5. The van der Waals surface area contributed by atoms with Crippen molar-refractivity contribution >= 4 is 15.9 Å². The van der Waals surface area contributed by atoms with Crippen LogP contribution in [0.3, 0.4) is 0 Å². The third-order valence-corrected chi connectivity index (χ3v) is 6.81. The number of rotatable bonds is 8. The highest BCUT2D eigenvalue weighted by atomic mass is 32.2. The Kier molecular flexibility index (Phi) is 5.67. The Morgan fingerprint density at radius 3 is 2.50 bits per heavy atom. The molecule has 9 nitrogen and oxygen atoms in total. The maximum absolute atomic E-state index is 12.0. The molecule has 10 heteroatoms. The largest absolute Gasteiger partial charge is 0.747 e. The first-order valence-electron chi connectivity index (χ1n) is 10.0. The Bertz CT molecular complexity index is 1060. The summed E-state index contributed by atoms with van der Waals surface area (Å²) in [6, 6.07) is 9.87. The van der Waals surface area contributed by atoms with Gasteiger partial charge in [0.2, 0.25) is 0 Å². The topological polar surface area (TPSA) is 133 Å². The number of fused-ring (bicyclic) bond motifs is 1. The normalized spacial score (nSPS) is 24.5. The Labute approximate surface area is 175 Å². The fraction of sp³-hybridized carbons (Fsp3) is 0.500. The monoisotopic (exact) mass is 432 g/mol. The minimum absolute atomic E-state index is 0.207. The SMILES string of the molecule is CC(Cc1ccc(-n2ccc(N)nc2=O)cc1)N1C[C@@H]2C(CNCS(=O)(=O)[O-])[C@@H]2C1. The van der Waals surface area contributed by atoms with E-state index in [1.165, 1.54) is 10.1 Å². The molecule has 0 spiro atoms. The molecular formula is C20H26N5O4S-. The third kappa shape index (κ3) is 4.72. The van der Waals surface area contributed by atoms with Crippen LogP contribution in [0.15, 0.2) is 41.3 Å². The molecular weight excluding hydrogens is 406 g/mol. The first-order valence-corrected chi connectivity index (χ1v) is 11.6. The quantitative estimate of drug-likeness (QED) is 0.558. The summed E-state index contributed by atoms with van der Waals surface area (Å²) in [5.41, 5.74) is 7.09. The van der Waals surface area contributed by atoms with Gasteiger partial charge < -0.3 is 15.6 Å². The molecule has 0 bridgehead atoms. The van der Waals surface area contributed by atoms with E-state index in [1.54, 1.807) is 12.3 Å². The molecule has 1 aliphatic heterocycles. The van der Waals surface area contributed by atoms with Crippen LogP contribution >= 0.6 is 0 Å². The van der Waals surface area contributed by atoms with Crippen LogP contribution in [-0.4, -0.2) is 59.0 Å². The van der Waals surface area contributed by atoms with Crippen molar-refractivity contribution in [1.29, 1.82) is 0 Å². The average Bonchev–Trinajstić information content (AvgIpc) is 3.11. The van der Waals surface area contributed by atoms with E-state index in [0.29, 0.717) is 30.3 Å². The summed E-state index contributed by atoms with van der Waals surface area (Å²) < 4.78 is 33.5. The lowest BCUT2D eigenvalue weighted by Gasteiger charge is -2.27. The van der Waals surface area contributed by atoms with Crippen molar-refractivity contribution in [3.63, 3.8) is 0 Å². The molecule has 2 heterocycles. The van der Waals surface area contributed by atoms with E-state index in [0.717, 1.165) is 25.2 Å². The average molecular weight is 433 g/mol. The van der Waals surface area contributed by atoms with E-state index < -0.39 is 21.7 Å². The zero-order valence-electron chi connectivity index (χ0n) is 16.8. The van der Waals surface area contributed by atoms with Gasteiger partial charge in [-0.2, -0.15) is 4.98 Å². The van der Waals surface area contributed by atoms with Gasteiger partial charge in [0, 0.05) is 25.3 Å². The van der Waals surface area contributed by atoms with E-state index in [4.69, 9.17) is 5.73 Å². The van der Waals surface area contributed by atoms with Crippen LogP contribution in [0.2, 0.25) is 0 Å². The van der Waals surface area contributed by atoms with Gasteiger partial charge in [0.15, 0.2) is 0 Å². The highest BCUT2D eigenvalue weighted by molar-refractivity contribution is 7.85. The molecule has 2 fully saturated rings. The van der Waals surface area contributed by atoms with Gasteiger partial charge in [0.25, 0.3) is 0 Å². The lowest BCUT2D eigenvalue weighted by molar-refractivity contribution is 0.218. The fourth-order valence-electron chi connectivity index (χ4n) is 4.57. The number of aromatic nitrogens is 2. The van der Waals surface area contributed by atoms with E-state index >= 15 is 0 Å². The van der Waals surface area contributed by atoms with Gasteiger partial charge in [-0.15, -0.1) is 0 Å². The van der Waals surface area contributed by atoms with Crippen molar-refractivity contribution in [3.05, 3.63) is 52.6 Å². The van der Waals surface area contributed by atoms with E-state index in [2.05, 4.69) is 22.1 Å². The Balaban J connectivity index is 1.27. The van der Waals surface area contributed by atoms with Gasteiger partial charge in [0.1, 0.15) is 15.9 Å². The number of nitrogens with zero attached hydrogens (tertiary/aromatic N) is 3. The molecule has 1 aromatic heterocycles. The number of anilines is 1. The second kappa shape index (κ2) is 8.10. The summed E-state index contributed by atoms with van der Waals surface area (Å²) in [6.07, 6.45) is 2.53. The number of hydrogen-bond donors (Lipinski definition) is 2. The van der Waals surface area contributed by atoms with Crippen LogP contribution in [0, 0.1) is 17.8 Å². The van der Waals surface area contributed by atoms with E-state index in [-0.39, 0.29) is 5.82 Å². The van der Waals surface area contributed by atoms with Gasteiger partial charge >= 0.3 is 5.69 Å². The van der Waals surface area contributed by atoms with Crippen LogP contribution in [0.25, 0.3) is 5.69 Å². The van der Waals surface area contributed by atoms with Gasteiger partial charge in [0.05, 0.1) is 11.6 Å². The summed E-state index contributed by atoms with van der Waals surface area (Å²) in [4.78, 5) is 18.2. The van der Waals surface area contributed by atoms with Crippen LogP contribution in [-0.2, 0) is 16.5 Å². The number of likely N-dealkylation sites (tertiary alicyclic amines) is 1. The highest BCUT2D eigenvalue weighted by Crippen LogP contribution is 2.51. The summed E-state index contributed by atoms with van der Waals surface area (Å²) in [5.74, 6) is 1.36. The molecule has 30 heavy (non-hydrogen) atoms. The molecule has 162 valence electrons. The predicted molar refractivity (Wildman–Crippen MR) is 112 cm³/mol. The van der Waals surface area contributed by atoms with Crippen molar-refractivity contribution in [2.24, 2.45) is 17.8 Å². The molecule has 3 N–H and O–H groups in total. The molecule has 2 aliphatic rings. The lowest BCUT2D eigenvalue weighted by atomic mass is 10.0. The van der Waals surface area contributed by atoms with Crippen LogP contribution in [0.4, 0.5) is 5.82 Å². The summed E-state index contributed by atoms with van der Waals surface area (Å²) >= 11 is 0. The Hall–Kier alpha value is -2.27. The molecule has 2 aromatic rings. The molecule has 1 saturated heterocycles. The van der Waals surface area contributed by atoms with E-state index in [1.807, 2.05) is 24.3 Å². The van der Waals surface area contributed by atoms with Gasteiger partial charge in [-0.1, -0.05) is 12.1 Å². The van der Waals surface area contributed by atoms with Gasteiger partial charge in [-0.25, -0.2) is 13.2 Å². The first-order chi connectivity index (χ1) is 14.2. The molecule has 4 atom stereocenters. The van der Waals surface area contributed by atoms with Crippen LogP contribution in [0.5, 0.6) is 0 Å². The molecule has 1 saturated carbocycles. The fourth-order valence-corrected chi connectivity index (χ4v) is 4.94. The molecule has 0 amide bonds. The molecule has 1 aromatic carbocycles. The van der Waals surface area contributed by atoms with Crippen molar-refractivity contribution in [1.82, 2.24) is 19.8 Å². The minimum atomic E-state index is -4.20. The predicted octanol–water partition coefficient (Wildman–Crippen LogP) is 0.0158. The van der Waals surface area contributed by atoms with Crippen LogP contribution < -0.4 is 16.7 Å². The molecule has 0 radical (unpaired) electrons. The number of nitrogen functional groups attached to an aromatic ring is 1. The number of piperidine rings is 1. The first kappa shape index (κ1) is 21.0. The minimum Gasteiger partial charge on any atom is -0.747 e. The molecule has 1 aliphatic carbocycles. The zero-order valence-corrected chi connectivity index (χ0v) is 17.6. The van der Waals surface area contributed by atoms with Crippen molar-refractivity contribution < 1.29 is 13.0 Å². The summed E-state index contributed by atoms with van der Waals surface area (Å²) in [7, 11) is -4.20. The maximum atomic E-state index is 12.0. The van der Waals surface area contributed by atoms with Crippen molar-refractivity contribution in [2.75, 3.05) is 31.2 Å². The number of nitrogens with two attached hydrogens (primary N) is 1. The standard InChI is InChI=1S/C20H27N5O4S/c1-13(24-10-17-16(18(17)11-24)9-22-12-30(27,28)29)8-14-2-4-15(5-3-14)25-7-6-19(21)23-20(25)26/h2-7,13,16-18,22H,8-12H2,1H3,(H2,21,23,26)(H,27,28,29)/p-1/t13?,16?,17-,18+. The summed E-state index contributed by atoms with van der Waals surface area (Å²) in [5, 5.41) is 2.77. The highest BCUT2D eigenvalue weighted by Gasteiger charge is 2.55. The number of nitrogens with one attached hydrogen (secondary N) is 1. The van der Waals surface area contributed by atoms with Crippen molar-refractivity contribution in [3.8, 4) is 5.69 Å². The van der Waals surface area contributed by atoms with Crippen LogP contribution in [0.1, 0.15) is 12.5 Å². The maximum Gasteiger partial charge on any atom is 0.354 e. The van der Waals surface area contributed by atoms with Gasteiger partial charge in [-0.05, 0) is 61.4 Å². The second-order valence-electron chi connectivity index (χ2n) is 8.33. The smallest absolute Gasteiger partial charge is 0.354 e. The van der Waals surface area contributed by atoms with E-state index in [9.17, 15) is 17.8 Å². The lowest BCUT2D eigenvalue weighted by Crippen LogP contribution is -2.36. The summed E-state index contributed by atoms with van der Waals surface area (Å²) in [6.45, 7) is 4.82.